The van der Waals surface area contributed by atoms with Crippen LogP contribution in [0.3, 0.4) is 0 Å². The molecule has 2 aromatic carbocycles. The second-order valence-electron chi connectivity index (χ2n) is 3.68. The van der Waals surface area contributed by atoms with Gasteiger partial charge in [0.25, 0.3) is 0 Å². The Morgan fingerprint density at radius 1 is 1.18 bits per heavy atom. The summed E-state index contributed by atoms with van der Waals surface area (Å²) in [4.78, 5) is 0. The molecule has 2 nitrogen and oxygen atoms in total. The van der Waals surface area contributed by atoms with Crippen molar-refractivity contribution < 1.29 is 4.39 Å². The lowest BCUT2D eigenvalue weighted by atomic mass is 10.2. The maximum Gasteiger partial charge on any atom is 0.125 e. The summed E-state index contributed by atoms with van der Waals surface area (Å²) in [5.74, 6) is -0.325. The third kappa shape index (κ3) is 2.97. The molecule has 0 aromatic heterocycles. The molecule has 4 heteroatoms. The molecule has 88 valence electrons. The topological polar surface area (TPSA) is 38.0 Å². The average Bonchev–Trinajstić information content (AvgIpc) is 2.30. The summed E-state index contributed by atoms with van der Waals surface area (Å²) in [6.45, 7) is 0.636. The van der Waals surface area contributed by atoms with Crippen LogP contribution in [-0.4, -0.2) is 0 Å². The summed E-state index contributed by atoms with van der Waals surface area (Å²) in [7, 11) is 0. The molecule has 0 aliphatic carbocycles. The second-order valence-corrected chi connectivity index (χ2v) is 4.53. The van der Waals surface area contributed by atoms with Gasteiger partial charge < -0.3 is 11.1 Å². The number of anilines is 2. The van der Waals surface area contributed by atoms with Crippen molar-refractivity contribution in [1.82, 2.24) is 0 Å². The largest absolute Gasteiger partial charge is 0.397 e. The Balaban J connectivity index is 2.10. The Morgan fingerprint density at radius 3 is 2.65 bits per heavy atom. The maximum absolute atomic E-state index is 12.9. The highest BCUT2D eigenvalue weighted by Crippen LogP contribution is 2.22. The Bertz CT molecular complexity index is 529. The monoisotopic (exact) mass is 294 g/mol. The van der Waals surface area contributed by atoms with E-state index in [0.29, 0.717) is 12.2 Å². The van der Waals surface area contributed by atoms with Gasteiger partial charge >= 0.3 is 0 Å². The van der Waals surface area contributed by atoms with Gasteiger partial charge in [-0.05, 0) is 29.8 Å². The van der Waals surface area contributed by atoms with Gasteiger partial charge in [0.2, 0.25) is 0 Å². The number of hydrogen-bond donors (Lipinski definition) is 2. The minimum Gasteiger partial charge on any atom is -0.397 e. The molecule has 0 aliphatic heterocycles. The Hall–Kier alpha value is -1.55. The van der Waals surface area contributed by atoms with Crippen LogP contribution in [0.1, 0.15) is 5.56 Å². The number of nitrogens with two attached hydrogens (primary N) is 1. The fourth-order valence-electron chi connectivity index (χ4n) is 1.53. The van der Waals surface area contributed by atoms with Crippen molar-refractivity contribution in [1.29, 1.82) is 0 Å². The van der Waals surface area contributed by atoms with Crippen LogP contribution in [0.5, 0.6) is 0 Å². The first kappa shape index (κ1) is 11.9. The first-order valence-electron chi connectivity index (χ1n) is 5.19. The number of halogens is 2. The van der Waals surface area contributed by atoms with E-state index in [1.807, 2.05) is 24.3 Å². The molecule has 0 saturated carbocycles. The van der Waals surface area contributed by atoms with Gasteiger partial charge in [-0.15, -0.1) is 0 Å². The predicted octanol–water partition coefficient (Wildman–Crippen LogP) is 3.78. The molecule has 0 spiro atoms. The van der Waals surface area contributed by atoms with Crippen LogP contribution in [0.15, 0.2) is 46.9 Å². The molecular weight excluding hydrogens is 283 g/mol. The van der Waals surface area contributed by atoms with E-state index < -0.39 is 0 Å². The highest BCUT2D eigenvalue weighted by molar-refractivity contribution is 9.10. The highest BCUT2D eigenvalue weighted by atomic mass is 79.9. The molecule has 0 amide bonds. The minimum atomic E-state index is -0.325. The lowest BCUT2D eigenvalue weighted by molar-refractivity contribution is 0.628. The SMILES string of the molecule is Nc1cc(F)ccc1NCc1ccccc1Br. The van der Waals surface area contributed by atoms with E-state index in [1.54, 1.807) is 6.07 Å². The quantitative estimate of drug-likeness (QED) is 0.846. The molecule has 0 saturated heterocycles. The first-order chi connectivity index (χ1) is 8.16. The van der Waals surface area contributed by atoms with Crippen molar-refractivity contribution in [3.8, 4) is 0 Å². The second kappa shape index (κ2) is 5.19. The van der Waals surface area contributed by atoms with Crippen LogP contribution >= 0.6 is 15.9 Å². The van der Waals surface area contributed by atoms with Gasteiger partial charge in [0.1, 0.15) is 5.82 Å². The molecule has 0 heterocycles. The van der Waals surface area contributed by atoms with Crippen LogP contribution in [0.2, 0.25) is 0 Å². The molecule has 0 unspecified atom stereocenters. The normalized spacial score (nSPS) is 10.2. The molecule has 17 heavy (non-hydrogen) atoms. The molecule has 0 fully saturated rings. The number of hydrogen-bond acceptors (Lipinski definition) is 2. The Labute approximate surface area is 108 Å². The molecule has 0 radical (unpaired) electrons. The van der Waals surface area contributed by atoms with Gasteiger partial charge in [-0.25, -0.2) is 4.39 Å². The number of nitrogen functional groups attached to an aromatic ring is 1. The average molecular weight is 295 g/mol. The van der Waals surface area contributed by atoms with E-state index in [9.17, 15) is 4.39 Å². The van der Waals surface area contributed by atoms with Crippen molar-refractivity contribution in [2.75, 3.05) is 11.1 Å². The van der Waals surface area contributed by atoms with Gasteiger partial charge in [-0.3, -0.25) is 0 Å². The zero-order chi connectivity index (χ0) is 12.3. The summed E-state index contributed by atoms with van der Waals surface area (Å²) in [6, 6.07) is 12.3. The summed E-state index contributed by atoms with van der Waals surface area (Å²) in [6.07, 6.45) is 0. The highest BCUT2D eigenvalue weighted by Gasteiger charge is 2.02. The van der Waals surface area contributed by atoms with Crippen molar-refractivity contribution in [2.45, 2.75) is 6.54 Å². The van der Waals surface area contributed by atoms with Gasteiger partial charge in [0, 0.05) is 11.0 Å². The van der Waals surface area contributed by atoms with Crippen LogP contribution in [0, 0.1) is 5.82 Å². The summed E-state index contributed by atoms with van der Waals surface area (Å²) in [5, 5.41) is 3.18. The van der Waals surface area contributed by atoms with E-state index in [4.69, 9.17) is 5.73 Å². The van der Waals surface area contributed by atoms with Crippen LogP contribution in [-0.2, 0) is 6.54 Å². The number of nitrogens with one attached hydrogen (secondary N) is 1. The molecule has 0 bridgehead atoms. The predicted molar refractivity (Wildman–Crippen MR) is 72.3 cm³/mol. The molecule has 0 atom stereocenters. The molecule has 2 aromatic rings. The van der Waals surface area contributed by atoms with Gasteiger partial charge in [0.05, 0.1) is 11.4 Å². The van der Waals surface area contributed by atoms with E-state index in [1.165, 1.54) is 12.1 Å². The third-order valence-electron chi connectivity index (χ3n) is 2.44. The van der Waals surface area contributed by atoms with Gasteiger partial charge in [0.15, 0.2) is 0 Å². The van der Waals surface area contributed by atoms with Crippen molar-refractivity contribution in [3.63, 3.8) is 0 Å². The zero-order valence-corrected chi connectivity index (χ0v) is 10.7. The number of benzene rings is 2. The lowest BCUT2D eigenvalue weighted by Gasteiger charge is -2.10. The van der Waals surface area contributed by atoms with E-state index in [0.717, 1.165) is 15.7 Å². The van der Waals surface area contributed by atoms with Gasteiger partial charge in [-0.2, -0.15) is 0 Å². The van der Waals surface area contributed by atoms with E-state index >= 15 is 0 Å². The van der Waals surface area contributed by atoms with Crippen LogP contribution in [0.25, 0.3) is 0 Å². The molecular formula is C13H12BrFN2. The van der Waals surface area contributed by atoms with Crippen molar-refractivity contribution >= 4 is 27.3 Å². The van der Waals surface area contributed by atoms with E-state index in [-0.39, 0.29) is 5.82 Å². The molecule has 2 rings (SSSR count). The van der Waals surface area contributed by atoms with E-state index in [2.05, 4.69) is 21.2 Å². The summed E-state index contributed by atoms with van der Waals surface area (Å²) < 4.78 is 13.9. The molecule has 3 N–H and O–H groups in total. The van der Waals surface area contributed by atoms with Crippen molar-refractivity contribution in [3.05, 3.63) is 58.3 Å². The standard InChI is InChI=1S/C13H12BrFN2/c14-11-4-2-1-3-9(11)8-17-13-6-5-10(15)7-12(13)16/h1-7,17H,8,16H2. The Morgan fingerprint density at radius 2 is 1.94 bits per heavy atom. The smallest absolute Gasteiger partial charge is 0.125 e. The third-order valence-corrected chi connectivity index (χ3v) is 3.21. The fourth-order valence-corrected chi connectivity index (χ4v) is 1.95. The fraction of sp³-hybridized carbons (Fsp3) is 0.0769. The summed E-state index contributed by atoms with van der Waals surface area (Å²) in [5.41, 5.74) is 7.98. The molecule has 0 aliphatic rings. The van der Waals surface area contributed by atoms with Gasteiger partial charge in [-0.1, -0.05) is 34.1 Å². The van der Waals surface area contributed by atoms with Crippen LogP contribution in [0.4, 0.5) is 15.8 Å². The number of rotatable bonds is 3. The Kier molecular flexibility index (Phi) is 3.64. The first-order valence-corrected chi connectivity index (χ1v) is 5.98. The van der Waals surface area contributed by atoms with Crippen molar-refractivity contribution in [2.24, 2.45) is 0 Å². The zero-order valence-electron chi connectivity index (χ0n) is 9.08. The maximum atomic E-state index is 12.9. The summed E-state index contributed by atoms with van der Waals surface area (Å²) >= 11 is 3.47. The minimum absolute atomic E-state index is 0.325. The lowest BCUT2D eigenvalue weighted by Crippen LogP contribution is -2.03. The van der Waals surface area contributed by atoms with Crippen LogP contribution < -0.4 is 11.1 Å².